The fraction of sp³-hybridized carbons (Fsp3) is 0.875. The summed E-state index contributed by atoms with van der Waals surface area (Å²) in [6.07, 6.45) is 8.20. The smallest absolute Gasteiger partial charge is 0.0772 e. The Bertz CT molecular complexity index is 424. The third kappa shape index (κ3) is 3.46. The van der Waals surface area contributed by atoms with Crippen molar-refractivity contribution in [1.82, 2.24) is 25.2 Å². The molecule has 1 saturated heterocycles. The molecule has 21 heavy (non-hydrogen) atoms. The van der Waals surface area contributed by atoms with Crippen molar-refractivity contribution in [2.75, 3.05) is 19.6 Å². The Morgan fingerprint density at radius 1 is 1.29 bits per heavy atom. The third-order valence-electron chi connectivity index (χ3n) is 5.06. The Labute approximate surface area is 129 Å². The van der Waals surface area contributed by atoms with Crippen LogP contribution in [0.5, 0.6) is 0 Å². The van der Waals surface area contributed by atoms with E-state index in [1.165, 1.54) is 38.0 Å². The number of hydrogen-bond donors (Lipinski definition) is 1. The summed E-state index contributed by atoms with van der Waals surface area (Å²) in [5.74, 6) is 0. The lowest BCUT2D eigenvalue weighted by molar-refractivity contribution is 0.0400. The average molecular weight is 293 g/mol. The highest BCUT2D eigenvalue weighted by Gasteiger charge is 2.40. The van der Waals surface area contributed by atoms with Gasteiger partial charge >= 0.3 is 0 Å². The zero-order valence-corrected chi connectivity index (χ0v) is 14.1. The van der Waals surface area contributed by atoms with E-state index >= 15 is 0 Å². The van der Waals surface area contributed by atoms with Gasteiger partial charge in [-0.2, -0.15) is 0 Å². The quantitative estimate of drug-likeness (QED) is 0.839. The summed E-state index contributed by atoms with van der Waals surface area (Å²) in [5, 5.41) is 12.0. The van der Waals surface area contributed by atoms with Gasteiger partial charge in [-0.15, -0.1) is 5.10 Å². The van der Waals surface area contributed by atoms with Crippen LogP contribution in [0.1, 0.15) is 64.6 Å². The van der Waals surface area contributed by atoms with E-state index in [9.17, 15) is 0 Å². The molecule has 2 atom stereocenters. The standard InChI is InChI=1S/C16H31N5/c1-5-10-17-15(14-13-18-19-20(14)4)16(3,6-2)21-11-8-7-9-12-21/h13,15,17H,5-12H2,1-4H3. The van der Waals surface area contributed by atoms with Crippen LogP contribution in [0.3, 0.4) is 0 Å². The minimum absolute atomic E-state index is 0.116. The van der Waals surface area contributed by atoms with E-state index in [4.69, 9.17) is 0 Å². The highest BCUT2D eigenvalue weighted by Crippen LogP contribution is 2.35. The number of hydrogen-bond acceptors (Lipinski definition) is 4. The number of rotatable bonds is 7. The highest BCUT2D eigenvalue weighted by molar-refractivity contribution is 5.12. The van der Waals surface area contributed by atoms with Crippen molar-refractivity contribution in [1.29, 1.82) is 0 Å². The summed E-state index contributed by atoms with van der Waals surface area (Å²) in [4.78, 5) is 2.68. The van der Waals surface area contributed by atoms with Gasteiger partial charge in [-0.25, -0.2) is 0 Å². The first-order valence-electron chi connectivity index (χ1n) is 8.46. The van der Waals surface area contributed by atoms with Crippen LogP contribution in [-0.4, -0.2) is 45.1 Å². The molecule has 0 amide bonds. The molecule has 5 nitrogen and oxygen atoms in total. The van der Waals surface area contributed by atoms with Gasteiger partial charge in [0.2, 0.25) is 0 Å². The zero-order chi connectivity index (χ0) is 15.3. The number of aromatic nitrogens is 3. The second-order valence-corrected chi connectivity index (χ2v) is 6.43. The Hall–Kier alpha value is -0.940. The van der Waals surface area contributed by atoms with Crippen molar-refractivity contribution in [3.8, 4) is 0 Å². The monoisotopic (exact) mass is 293 g/mol. The number of nitrogens with zero attached hydrogens (tertiary/aromatic N) is 4. The van der Waals surface area contributed by atoms with Crippen molar-refractivity contribution in [3.63, 3.8) is 0 Å². The van der Waals surface area contributed by atoms with E-state index in [2.05, 4.69) is 41.3 Å². The topological polar surface area (TPSA) is 46.0 Å². The molecule has 2 heterocycles. The summed E-state index contributed by atoms with van der Waals surface area (Å²) < 4.78 is 1.92. The number of nitrogens with one attached hydrogen (secondary N) is 1. The van der Waals surface area contributed by atoms with Crippen LogP contribution in [0.25, 0.3) is 0 Å². The molecule has 2 unspecified atom stereocenters. The van der Waals surface area contributed by atoms with Gasteiger partial charge in [0.1, 0.15) is 0 Å². The van der Waals surface area contributed by atoms with Crippen LogP contribution in [0.4, 0.5) is 0 Å². The lowest BCUT2D eigenvalue weighted by Gasteiger charge is -2.48. The van der Waals surface area contributed by atoms with Crippen LogP contribution in [0, 0.1) is 0 Å². The van der Waals surface area contributed by atoms with Crippen LogP contribution in [0.15, 0.2) is 6.20 Å². The van der Waals surface area contributed by atoms with E-state index in [1.54, 1.807) is 0 Å². The lowest BCUT2D eigenvalue weighted by atomic mass is 9.83. The molecule has 5 heteroatoms. The molecule has 0 bridgehead atoms. The average Bonchev–Trinajstić information content (AvgIpc) is 2.94. The van der Waals surface area contributed by atoms with Crippen molar-refractivity contribution < 1.29 is 0 Å². The predicted molar refractivity (Wildman–Crippen MR) is 86.2 cm³/mol. The summed E-state index contributed by atoms with van der Waals surface area (Å²) in [5.41, 5.74) is 1.31. The Kier molecular flexibility index (Phi) is 5.76. The summed E-state index contributed by atoms with van der Waals surface area (Å²) in [7, 11) is 2.00. The molecule has 0 saturated carbocycles. The van der Waals surface area contributed by atoms with Gasteiger partial charge in [0.15, 0.2) is 0 Å². The maximum absolute atomic E-state index is 4.15. The molecule has 1 aromatic heterocycles. The minimum Gasteiger partial charge on any atom is -0.307 e. The normalized spacial score (nSPS) is 21.1. The second kappa shape index (κ2) is 7.36. The van der Waals surface area contributed by atoms with Gasteiger partial charge in [-0.1, -0.05) is 25.5 Å². The largest absolute Gasteiger partial charge is 0.307 e. The molecule has 1 N–H and O–H groups in total. The lowest BCUT2D eigenvalue weighted by Crippen LogP contribution is -2.56. The first-order chi connectivity index (χ1) is 10.1. The van der Waals surface area contributed by atoms with Gasteiger partial charge in [0, 0.05) is 12.6 Å². The first kappa shape index (κ1) is 16.4. The van der Waals surface area contributed by atoms with Gasteiger partial charge < -0.3 is 5.32 Å². The molecule has 1 fully saturated rings. The summed E-state index contributed by atoms with van der Waals surface area (Å²) >= 11 is 0. The molecule has 1 aromatic rings. The molecular weight excluding hydrogens is 262 g/mol. The van der Waals surface area contributed by atoms with Crippen molar-refractivity contribution in [2.45, 2.75) is 64.5 Å². The van der Waals surface area contributed by atoms with Gasteiger partial charge in [-0.3, -0.25) is 9.58 Å². The molecular formula is C16H31N5. The summed E-state index contributed by atoms with van der Waals surface area (Å²) in [6, 6.07) is 0.278. The molecule has 120 valence electrons. The van der Waals surface area contributed by atoms with Crippen LogP contribution in [0.2, 0.25) is 0 Å². The first-order valence-corrected chi connectivity index (χ1v) is 8.46. The maximum atomic E-state index is 4.15. The summed E-state index contributed by atoms with van der Waals surface area (Å²) in [6.45, 7) is 10.4. The van der Waals surface area contributed by atoms with Crippen LogP contribution >= 0.6 is 0 Å². The number of piperidine rings is 1. The van der Waals surface area contributed by atoms with Crippen LogP contribution < -0.4 is 5.32 Å². The van der Waals surface area contributed by atoms with Gasteiger partial charge in [-0.05, 0) is 52.2 Å². The zero-order valence-electron chi connectivity index (χ0n) is 14.1. The molecule has 1 aliphatic rings. The molecule has 0 spiro atoms. The highest BCUT2D eigenvalue weighted by atomic mass is 15.4. The molecule has 0 aromatic carbocycles. The fourth-order valence-electron chi connectivity index (χ4n) is 3.51. The van der Waals surface area contributed by atoms with E-state index in [-0.39, 0.29) is 11.6 Å². The molecule has 2 rings (SSSR count). The predicted octanol–water partition coefficient (Wildman–Crippen LogP) is 2.51. The SMILES string of the molecule is CCCNC(c1cnnn1C)C(C)(CC)N1CCCCC1. The number of aryl methyl sites for hydroxylation is 1. The van der Waals surface area contributed by atoms with Gasteiger partial charge in [0.05, 0.1) is 17.9 Å². The van der Waals surface area contributed by atoms with E-state index < -0.39 is 0 Å². The maximum Gasteiger partial charge on any atom is 0.0772 e. The Morgan fingerprint density at radius 3 is 2.52 bits per heavy atom. The van der Waals surface area contributed by atoms with E-state index in [0.29, 0.717) is 0 Å². The Morgan fingerprint density at radius 2 is 2.00 bits per heavy atom. The fourth-order valence-corrected chi connectivity index (χ4v) is 3.51. The molecule has 0 radical (unpaired) electrons. The Balaban J connectivity index is 2.29. The number of likely N-dealkylation sites (tertiary alicyclic amines) is 1. The van der Waals surface area contributed by atoms with E-state index in [1.807, 2.05) is 17.9 Å². The van der Waals surface area contributed by atoms with Crippen molar-refractivity contribution in [3.05, 3.63) is 11.9 Å². The minimum atomic E-state index is 0.116. The van der Waals surface area contributed by atoms with Gasteiger partial charge in [0.25, 0.3) is 0 Å². The van der Waals surface area contributed by atoms with Crippen molar-refractivity contribution >= 4 is 0 Å². The second-order valence-electron chi connectivity index (χ2n) is 6.43. The third-order valence-corrected chi connectivity index (χ3v) is 5.06. The molecule has 1 aliphatic heterocycles. The van der Waals surface area contributed by atoms with Crippen molar-refractivity contribution in [2.24, 2.45) is 7.05 Å². The molecule has 0 aliphatic carbocycles. The van der Waals surface area contributed by atoms with E-state index in [0.717, 1.165) is 19.4 Å². The van der Waals surface area contributed by atoms with Crippen LogP contribution in [-0.2, 0) is 7.05 Å².